The second kappa shape index (κ2) is 10.1. The van der Waals surface area contributed by atoms with Crippen molar-refractivity contribution < 1.29 is 37.3 Å². The van der Waals surface area contributed by atoms with Crippen LogP contribution >= 0.6 is 0 Å². The Balaban J connectivity index is 1.85. The van der Waals surface area contributed by atoms with Gasteiger partial charge in [-0.1, -0.05) is 36.4 Å². The summed E-state index contributed by atoms with van der Waals surface area (Å²) < 4.78 is 50.2. The van der Waals surface area contributed by atoms with Gasteiger partial charge in [0.05, 0.1) is 5.56 Å². The van der Waals surface area contributed by atoms with Gasteiger partial charge >= 0.3 is 18.2 Å². The maximum absolute atomic E-state index is 13.3. The number of para-hydroxylation sites is 1. The number of amides is 1. The highest BCUT2D eigenvalue weighted by molar-refractivity contribution is 5.74. The molecule has 0 radical (unpaired) electrons. The molecular formula is C24H20F3NO5. The van der Waals surface area contributed by atoms with Crippen molar-refractivity contribution in [2.45, 2.75) is 12.7 Å². The van der Waals surface area contributed by atoms with E-state index in [4.69, 9.17) is 14.6 Å². The molecule has 0 bridgehead atoms. The van der Waals surface area contributed by atoms with E-state index in [0.29, 0.717) is 16.9 Å². The van der Waals surface area contributed by atoms with Crippen LogP contribution in [0, 0.1) is 0 Å². The van der Waals surface area contributed by atoms with E-state index in [1.54, 1.807) is 54.6 Å². The summed E-state index contributed by atoms with van der Waals surface area (Å²) in [6.07, 6.45) is -5.19. The van der Waals surface area contributed by atoms with Crippen molar-refractivity contribution in [2.75, 3.05) is 13.7 Å². The van der Waals surface area contributed by atoms with Crippen LogP contribution in [-0.2, 0) is 17.5 Å². The molecule has 6 nitrogen and oxygen atoms in total. The van der Waals surface area contributed by atoms with Gasteiger partial charge in [0.2, 0.25) is 0 Å². The highest BCUT2D eigenvalue weighted by Gasteiger charge is 2.31. The van der Waals surface area contributed by atoms with E-state index >= 15 is 0 Å². The maximum Gasteiger partial charge on any atom is 0.416 e. The zero-order valence-electron chi connectivity index (χ0n) is 17.5. The van der Waals surface area contributed by atoms with Crippen molar-refractivity contribution in [1.82, 2.24) is 4.90 Å². The first-order chi connectivity index (χ1) is 15.6. The number of hydrogen-bond acceptors (Lipinski definition) is 4. The second-order valence-electron chi connectivity index (χ2n) is 7.13. The summed E-state index contributed by atoms with van der Waals surface area (Å²) in [5, 5.41) is 8.87. The van der Waals surface area contributed by atoms with E-state index in [9.17, 15) is 22.8 Å². The first-order valence-electron chi connectivity index (χ1n) is 9.76. The first-order valence-corrected chi connectivity index (χ1v) is 9.76. The van der Waals surface area contributed by atoms with Crippen LogP contribution in [0.2, 0.25) is 0 Å². The lowest BCUT2D eigenvalue weighted by Crippen LogP contribution is -2.29. The molecular weight excluding hydrogens is 439 g/mol. The Hall–Kier alpha value is -4.01. The van der Waals surface area contributed by atoms with Gasteiger partial charge in [-0.05, 0) is 47.5 Å². The molecule has 33 heavy (non-hydrogen) atoms. The highest BCUT2D eigenvalue weighted by Crippen LogP contribution is 2.37. The minimum atomic E-state index is -4.58. The van der Waals surface area contributed by atoms with Crippen molar-refractivity contribution in [3.63, 3.8) is 0 Å². The van der Waals surface area contributed by atoms with Crippen LogP contribution in [0.25, 0.3) is 11.1 Å². The van der Waals surface area contributed by atoms with E-state index in [-0.39, 0.29) is 17.9 Å². The van der Waals surface area contributed by atoms with Crippen LogP contribution in [-0.4, -0.2) is 35.7 Å². The molecule has 0 atom stereocenters. The number of carbonyl (C=O) groups is 2. The van der Waals surface area contributed by atoms with E-state index in [1.165, 1.54) is 11.9 Å². The fourth-order valence-corrected chi connectivity index (χ4v) is 3.04. The Labute approximate surface area is 187 Å². The standard InChI is InChI=1S/C24H20F3NO5/c1-28(23(31)33-19-8-3-2-4-9-19)14-16-6-5-7-17(12-16)20-13-18(24(25,26)27)10-11-21(20)32-15-22(29)30/h2-13H,14-15H2,1H3,(H,29,30). The average molecular weight is 459 g/mol. The zero-order chi connectivity index (χ0) is 24.0. The van der Waals surface area contributed by atoms with Crippen molar-refractivity contribution in [2.24, 2.45) is 0 Å². The summed E-state index contributed by atoms with van der Waals surface area (Å²) in [5.41, 5.74) is 0.196. The topological polar surface area (TPSA) is 76.1 Å². The molecule has 0 saturated heterocycles. The Kier molecular flexibility index (Phi) is 7.22. The number of nitrogens with zero attached hydrogens (tertiary/aromatic N) is 1. The number of carbonyl (C=O) groups excluding carboxylic acids is 1. The third-order valence-electron chi connectivity index (χ3n) is 4.58. The number of hydrogen-bond donors (Lipinski definition) is 1. The minimum absolute atomic E-state index is 0.000563. The molecule has 3 aromatic carbocycles. The van der Waals surface area contributed by atoms with Gasteiger partial charge in [-0.3, -0.25) is 0 Å². The van der Waals surface area contributed by atoms with Crippen molar-refractivity contribution >= 4 is 12.1 Å². The van der Waals surface area contributed by atoms with Crippen LogP contribution in [0.5, 0.6) is 11.5 Å². The molecule has 0 spiro atoms. The number of aliphatic carboxylic acids is 1. The summed E-state index contributed by atoms with van der Waals surface area (Å²) in [6.45, 7) is -0.574. The molecule has 1 amide bonds. The highest BCUT2D eigenvalue weighted by atomic mass is 19.4. The van der Waals surface area contributed by atoms with Gasteiger partial charge in [-0.15, -0.1) is 0 Å². The summed E-state index contributed by atoms with van der Waals surface area (Å²) in [5.74, 6) is -0.875. The Morgan fingerprint density at radius 3 is 2.36 bits per heavy atom. The SMILES string of the molecule is CN(Cc1cccc(-c2cc(C(F)(F)F)ccc2OCC(=O)O)c1)C(=O)Oc1ccccc1. The molecule has 0 heterocycles. The van der Waals surface area contributed by atoms with Crippen molar-refractivity contribution in [3.8, 4) is 22.6 Å². The smallest absolute Gasteiger partial charge is 0.416 e. The van der Waals surface area contributed by atoms with Crippen LogP contribution in [0.4, 0.5) is 18.0 Å². The lowest BCUT2D eigenvalue weighted by molar-refractivity contribution is -0.140. The zero-order valence-corrected chi connectivity index (χ0v) is 17.5. The summed E-state index contributed by atoms with van der Waals surface area (Å²) >= 11 is 0. The second-order valence-corrected chi connectivity index (χ2v) is 7.13. The number of ether oxygens (including phenoxy) is 2. The van der Waals surface area contributed by atoms with Gasteiger partial charge in [0.15, 0.2) is 6.61 Å². The first kappa shape index (κ1) is 23.6. The lowest BCUT2D eigenvalue weighted by Gasteiger charge is -2.18. The lowest BCUT2D eigenvalue weighted by atomic mass is 9.99. The number of carboxylic acids is 1. The van der Waals surface area contributed by atoms with Crippen molar-refractivity contribution in [1.29, 1.82) is 0 Å². The Morgan fingerprint density at radius 2 is 1.70 bits per heavy atom. The largest absolute Gasteiger partial charge is 0.481 e. The number of halogens is 3. The van der Waals surface area contributed by atoms with Gasteiger partial charge in [-0.25, -0.2) is 9.59 Å². The molecule has 3 aromatic rings. The molecule has 1 N–H and O–H groups in total. The third-order valence-corrected chi connectivity index (χ3v) is 4.58. The molecule has 0 aliphatic rings. The quantitative estimate of drug-likeness (QED) is 0.507. The predicted octanol–water partition coefficient (Wildman–Crippen LogP) is 5.47. The van der Waals surface area contributed by atoms with Gasteiger partial charge in [0.25, 0.3) is 0 Å². The van der Waals surface area contributed by atoms with Gasteiger partial charge in [0.1, 0.15) is 11.5 Å². The van der Waals surface area contributed by atoms with Gasteiger partial charge in [0, 0.05) is 19.2 Å². The average Bonchev–Trinajstić information content (AvgIpc) is 2.77. The molecule has 0 aliphatic heterocycles. The van der Waals surface area contributed by atoms with Crippen LogP contribution in [0.15, 0.2) is 72.8 Å². The van der Waals surface area contributed by atoms with E-state index in [0.717, 1.165) is 18.2 Å². The Bertz CT molecular complexity index is 1130. The van der Waals surface area contributed by atoms with Crippen molar-refractivity contribution in [3.05, 3.63) is 83.9 Å². The molecule has 0 fully saturated rings. The molecule has 0 unspecified atom stereocenters. The van der Waals surface area contributed by atoms with Crippen LogP contribution in [0.1, 0.15) is 11.1 Å². The van der Waals surface area contributed by atoms with Crippen LogP contribution in [0.3, 0.4) is 0 Å². The van der Waals surface area contributed by atoms with Crippen LogP contribution < -0.4 is 9.47 Å². The molecule has 172 valence electrons. The monoisotopic (exact) mass is 459 g/mol. The predicted molar refractivity (Wildman–Crippen MR) is 114 cm³/mol. The summed E-state index contributed by atoms with van der Waals surface area (Å²) in [7, 11) is 1.53. The molecule has 0 aliphatic carbocycles. The number of carboxylic acid groups (broad SMARTS) is 1. The summed E-state index contributed by atoms with van der Waals surface area (Å²) in [6, 6.07) is 17.9. The minimum Gasteiger partial charge on any atom is -0.481 e. The fourth-order valence-electron chi connectivity index (χ4n) is 3.04. The third kappa shape index (κ3) is 6.49. The van der Waals surface area contributed by atoms with E-state index in [1.807, 2.05) is 0 Å². The van der Waals surface area contributed by atoms with E-state index < -0.39 is 30.4 Å². The molecule has 0 saturated carbocycles. The van der Waals surface area contributed by atoms with Gasteiger partial charge < -0.3 is 19.5 Å². The molecule has 0 aromatic heterocycles. The summed E-state index contributed by atoms with van der Waals surface area (Å²) in [4.78, 5) is 24.5. The molecule has 9 heteroatoms. The number of benzene rings is 3. The number of rotatable bonds is 7. The maximum atomic E-state index is 13.3. The molecule has 3 rings (SSSR count). The number of alkyl halides is 3. The Morgan fingerprint density at radius 1 is 0.970 bits per heavy atom. The normalized spacial score (nSPS) is 11.0. The fraction of sp³-hybridized carbons (Fsp3) is 0.167. The van der Waals surface area contributed by atoms with E-state index in [2.05, 4.69) is 0 Å². The van der Waals surface area contributed by atoms with Gasteiger partial charge in [-0.2, -0.15) is 13.2 Å².